The maximum atomic E-state index is 12.6. The minimum Gasteiger partial charge on any atom is -0.330 e. The molecule has 1 unspecified atom stereocenters. The van der Waals surface area contributed by atoms with Gasteiger partial charge in [0.15, 0.2) is 5.82 Å². The fourth-order valence-corrected chi connectivity index (χ4v) is 2.51. The van der Waals surface area contributed by atoms with E-state index < -0.39 is 0 Å². The Morgan fingerprint density at radius 3 is 2.95 bits per heavy atom. The Morgan fingerprint density at radius 1 is 1.42 bits per heavy atom. The summed E-state index contributed by atoms with van der Waals surface area (Å²) in [7, 11) is 1.82. The van der Waals surface area contributed by atoms with Crippen LogP contribution in [0.3, 0.4) is 0 Å². The van der Waals surface area contributed by atoms with Crippen LogP contribution in [-0.4, -0.2) is 28.0 Å². The highest BCUT2D eigenvalue weighted by Crippen LogP contribution is 2.27. The summed E-state index contributed by atoms with van der Waals surface area (Å²) < 4.78 is 1.73. The van der Waals surface area contributed by atoms with Gasteiger partial charge in [-0.15, -0.1) is 0 Å². The molecular weight excluding hydrogens is 240 g/mol. The predicted octanol–water partition coefficient (Wildman–Crippen LogP) is 0.950. The van der Waals surface area contributed by atoms with E-state index in [2.05, 4.69) is 4.98 Å². The van der Waals surface area contributed by atoms with E-state index in [0.29, 0.717) is 12.4 Å². The molecule has 5 nitrogen and oxygen atoms in total. The molecule has 0 spiro atoms. The number of benzene rings is 1. The second-order valence-electron chi connectivity index (χ2n) is 4.87. The van der Waals surface area contributed by atoms with Crippen LogP contribution < -0.4 is 10.6 Å². The van der Waals surface area contributed by atoms with Crippen molar-refractivity contribution < 1.29 is 4.79 Å². The van der Waals surface area contributed by atoms with Crippen molar-refractivity contribution in [1.82, 2.24) is 9.55 Å². The molecule has 1 atom stereocenters. The summed E-state index contributed by atoms with van der Waals surface area (Å²) in [5, 5.41) is 0. The first-order valence-corrected chi connectivity index (χ1v) is 6.29. The van der Waals surface area contributed by atoms with Crippen LogP contribution in [0.2, 0.25) is 0 Å². The molecule has 2 heterocycles. The Bertz CT molecular complexity index is 619. The van der Waals surface area contributed by atoms with E-state index >= 15 is 0 Å². The van der Waals surface area contributed by atoms with Crippen molar-refractivity contribution in [2.24, 2.45) is 12.8 Å². The number of para-hydroxylation sites is 1. The van der Waals surface area contributed by atoms with Gasteiger partial charge >= 0.3 is 0 Å². The van der Waals surface area contributed by atoms with E-state index in [1.54, 1.807) is 21.9 Å². The number of aryl methyl sites for hydroxylation is 1. The molecule has 0 aliphatic carbocycles. The Balaban J connectivity index is 2.02. The highest BCUT2D eigenvalue weighted by Gasteiger charge is 2.28. The molecule has 1 aliphatic heterocycles. The number of nitrogens with two attached hydrogens (primary N) is 1. The van der Waals surface area contributed by atoms with Gasteiger partial charge in [-0.05, 0) is 18.1 Å². The highest BCUT2D eigenvalue weighted by molar-refractivity contribution is 6.04. The molecule has 0 saturated heterocycles. The normalized spacial score (nSPS) is 18.2. The van der Waals surface area contributed by atoms with Crippen molar-refractivity contribution in [2.45, 2.75) is 12.5 Å². The smallest absolute Gasteiger partial charge is 0.294 e. The van der Waals surface area contributed by atoms with Crippen molar-refractivity contribution in [3.05, 3.63) is 48.0 Å². The average molecular weight is 256 g/mol. The van der Waals surface area contributed by atoms with Gasteiger partial charge < -0.3 is 15.2 Å². The quantitative estimate of drug-likeness (QED) is 0.826. The Labute approximate surface area is 111 Å². The third-order valence-corrected chi connectivity index (χ3v) is 3.44. The van der Waals surface area contributed by atoms with E-state index in [1.807, 2.05) is 31.3 Å². The lowest BCUT2D eigenvalue weighted by molar-refractivity contribution is 0.0970. The fraction of sp³-hybridized carbons (Fsp3) is 0.286. The number of hydrogen-bond acceptors (Lipinski definition) is 3. The Morgan fingerprint density at radius 2 is 2.21 bits per heavy atom. The summed E-state index contributed by atoms with van der Waals surface area (Å²) in [5.41, 5.74) is 8.10. The monoisotopic (exact) mass is 256 g/mol. The van der Waals surface area contributed by atoms with Crippen molar-refractivity contribution in [1.29, 1.82) is 0 Å². The van der Waals surface area contributed by atoms with Gasteiger partial charge in [0, 0.05) is 37.7 Å². The molecule has 0 fully saturated rings. The van der Waals surface area contributed by atoms with E-state index in [9.17, 15) is 4.79 Å². The summed E-state index contributed by atoms with van der Waals surface area (Å²) in [5.74, 6) is 0.332. The van der Waals surface area contributed by atoms with Crippen molar-refractivity contribution in [3.8, 4) is 0 Å². The zero-order chi connectivity index (χ0) is 13.4. The minimum absolute atomic E-state index is 0.0286. The highest BCUT2D eigenvalue weighted by atomic mass is 16.2. The molecule has 19 heavy (non-hydrogen) atoms. The first-order valence-electron chi connectivity index (χ1n) is 6.29. The van der Waals surface area contributed by atoms with Crippen LogP contribution >= 0.6 is 0 Å². The minimum atomic E-state index is -0.102. The van der Waals surface area contributed by atoms with Gasteiger partial charge in [0.2, 0.25) is 0 Å². The summed E-state index contributed by atoms with van der Waals surface area (Å²) in [6.45, 7) is 0.530. The van der Waals surface area contributed by atoms with Crippen LogP contribution in [-0.2, 0) is 13.5 Å². The van der Waals surface area contributed by atoms with Crippen LogP contribution in [0, 0.1) is 0 Å². The largest absolute Gasteiger partial charge is 0.330 e. The fourth-order valence-electron chi connectivity index (χ4n) is 2.51. The van der Waals surface area contributed by atoms with Gasteiger partial charge in [0.1, 0.15) is 0 Å². The molecule has 1 aliphatic rings. The van der Waals surface area contributed by atoms with Gasteiger partial charge in [-0.1, -0.05) is 18.2 Å². The number of rotatable bonds is 1. The molecule has 1 aromatic heterocycles. The van der Waals surface area contributed by atoms with Crippen molar-refractivity contribution in [2.75, 3.05) is 11.4 Å². The zero-order valence-electron chi connectivity index (χ0n) is 10.8. The third kappa shape index (κ3) is 2.02. The Hall–Kier alpha value is -2.14. The molecule has 0 radical (unpaired) electrons. The van der Waals surface area contributed by atoms with Crippen molar-refractivity contribution in [3.63, 3.8) is 0 Å². The maximum absolute atomic E-state index is 12.6. The number of anilines is 1. The first kappa shape index (κ1) is 11.9. The summed E-state index contributed by atoms with van der Waals surface area (Å²) in [6.07, 6.45) is 4.20. The number of aromatic nitrogens is 2. The number of imidazole rings is 1. The molecular formula is C14H16N4O. The van der Waals surface area contributed by atoms with Crippen LogP contribution in [0.4, 0.5) is 5.69 Å². The topological polar surface area (TPSA) is 64.2 Å². The van der Waals surface area contributed by atoms with Gasteiger partial charge in [-0.3, -0.25) is 4.79 Å². The standard InChI is InChI=1S/C14H16N4O/c1-17-7-6-16-13(17)14(19)18-9-11(15)8-10-4-2-3-5-12(10)18/h2-7,11H,8-9,15H2,1H3. The number of carbonyl (C=O) groups is 1. The van der Waals surface area contributed by atoms with Crippen LogP contribution in [0.15, 0.2) is 36.7 Å². The molecule has 1 aromatic carbocycles. The lowest BCUT2D eigenvalue weighted by Crippen LogP contribution is -2.46. The molecule has 0 bridgehead atoms. The zero-order valence-corrected chi connectivity index (χ0v) is 10.8. The van der Waals surface area contributed by atoms with Crippen LogP contribution in [0.1, 0.15) is 16.2 Å². The van der Waals surface area contributed by atoms with Gasteiger partial charge in [-0.2, -0.15) is 0 Å². The third-order valence-electron chi connectivity index (χ3n) is 3.44. The molecule has 5 heteroatoms. The predicted molar refractivity (Wildman–Crippen MR) is 73.0 cm³/mol. The number of amides is 1. The van der Waals surface area contributed by atoms with Crippen LogP contribution in [0.25, 0.3) is 0 Å². The molecule has 2 aromatic rings. The summed E-state index contributed by atoms with van der Waals surface area (Å²) >= 11 is 0. The van der Waals surface area contributed by atoms with Gasteiger partial charge in [0.25, 0.3) is 5.91 Å². The SMILES string of the molecule is Cn1ccnc1C(=O)N1CC(N)Cc2ccccc21. The molecule has 98 valence electrons. The van der Waals surface area contributed by atoms with Crippen molar-refractivity contribution >= 4 is 11.6 Å². The van der Waals surface area contributed by atoms with E-state index in [1.165, 1.54) is 0 Å². The van der Waals surface area contributed by atoms with Gasteiger partial charge in [0.05, 0.1) is 0 Å². The molecule has 1 amide bonds. The lowest BCUT2D eigenvalue weighted by Gasteiger charge is -2.32. The first-order chi connectivity index (χ1) is 9.16. The number of nitrogens with zero attached hydrogens (tertiary/aromatic N) is 3. The molecule has 3 rings (SSSR count). The summed E-state index contributed by atoms with van der Waals surface area (Å²) in [4.78, 5) is 18.4. The van der Waals surface area contributed by atoms with Crippen LogP contribution in [0.5, 0.6) is 0 Å². The Kier molecular flexibility index (Phi) is 2.83. The van der Waals surface area contributed by atoms with E-state index in [4.69, 9.17) is 5.73 Å². The second-order valence-corrected chi connectivity index (χ2v) is 4.87. The second kappa shape index (κ2) is 4.51. The number of hydrogen-bond donors (Lipinski definition) is 1. The van der Waals surface area contributed by atoms with Gasteiger partial charge in [-0.25, -0.2) is 4.98 Å². The van der Waals surface area contributed by atoms with E-state index in [0.717, 1.165) is 17.7 Å². The lowest BCUT2D eigenvalue weighted by atomic mass is 9.98. The molecule has 2 N–H and O–H groups in total. The van der Waals surface area contributed by atoms with E-state index in [-0.39, 0.29) is 11.9 Å². The molecule has 0 saturated carbocycles. The summed E-state index contributed by atoms with van der Waals surface area (Å²) in [6, 6.07) is 7.86. The maximum Gasteiger partial charge on any atom is 0.294 e. The number of carbonyl (C=O) groups excluding carboxylic acids is 1. The number of fused-ring (bicyclic) bond motifs is 1. The average Bonchev–Trinajstić information content (AvgIpc) is 2.83.